The fourth-order valence-electron chi connectivity index (χ4n) is 2.52. The summed E-state index contributed by atoms with van der Waals surface area (Å²) in [6, 6.07) is 5.50. The Morgan fingerprint density at radius 1 is 1.39 bits per heavy atom. The molecule has 4 nitrogen and oxygen atoms in total. The molecule has 0 aliphatic carbocycles. The number of hydrogen-bond donors (Lipinski definition) is 1. The van der Waals surface area contributed by atoms with Gasteiger partial charge in [0.1, 0.15) is 5.60 Å². The van der Waals surface area contributed by atoms with E-state index in [-0.39, 0.29) is 6.61 Å². The van der Waals surface area contributed by atoms with E-state index in [1.165, 1.54) is 0 Å². The van der Waals surface area contributed by atoms with Crippen molar-refractivity contribution in [1.82, 2.24) is 4.57 Å². The van der Waals surface area contributed by atoms with Crippen LogP contribution in [0.3, 0.4) is 0 Å². The maximum absolute atomic E-state index is 12.7. The van der Waals surface area contributed by atoms with Gasteiger partial charge in [-0.2, -0.15) is 0 Å². The highest BCUT2D eigenvalue weighted by molar-refractivity contribution is 6.00. The van der Waals surface area contributed by atoms with Gasteiger partial charge in [0.05, 0.1) is 17.8 Å². The van der Waals surface area contributed by atoms with Crippen molar-refractivity contribution in [3.8, 4) is 0 Å². The van der Waals surface area contributed by atoms with Crippen LogP contribution in [-0.2, 0) is 11.3 Å². The number of ether oxygens (including phenoxy) is 1. The average Bonchev–Trinajstić information content (AvgIpc) is 2.78. The Bertz CT molecular complexity index is 776. The molecule has 0 radical (unpaired) electrons. The number of benzene rings is 1. The molecule has 0 aliphatic rings. The Morgan fingerprint density at radius 2 is 2.09 bits per heavy atom. The first-order valence-corrected chi connectivity index (χ1v) is 7.59. The highest BCUT2D eigenvalue weighted by Gasteiger charge is 2.23. The molecule has 23 heavy (non-hydrogen) atoms. The van der Waals surface area contributed by atoms with Gasteiger partial charge in [-0.3, -0.25) is 0 Å². The van der Waals surface area contributed by atoms with Crippen molar-refractivity contribution in [2.45, 2.75) is 39.9 Å². The van der Waals surface area contributed by atoms with Gasteiger partial charge in [0, 0.05) is 10.9 Å². The SMILES string of the molecule is C=Cc1c(/C=C\C)n(C(=O)OC(C)(C)C)c2ccc(CO)cc12. The molecule has 1 aromatic heterocycles. The molecule has 0 fully saturated rings. The van der Waals surface area contributed by atoms with Crippen LogP contribution in [0, 0.1) is 0 Å². The van der Waals surface area contributed by atoms with Crippen molar-refractivity contribution in [1.29, 1.82) is 0 Å². The molecule has 1 heterocycles. The predicted octanol–water partition coefficient (Wildman–Crippen LogP) is 4.59. The Hall–Kier alpha value is -2.33. The molecule has 0 spiro atoms. The van der Waals surface area contributed by atoms with Crippen LogP contribution in [0.2, 0.25) is 0 Å². The smallest absolute Gasteiger partial charge is 0.419 e. The first kappa shape index (κ1) is 17.0. The fourth-order valence-corrected chi connectivity index (χ4v) is 2.52. The van der Waals surface area contributed by atoms with E-state index in [2.05, 4.69) is 6.58 Å². The lowest BCUT2D eigenvalue weighted by atomic mass is 10.1. The first-order chi connectivity index (χ1) is 10.8. The summed E-state index contributed by atoms with van der Waals surface area (Å²) < 4.78 is 7.09. The second-order valence-electron chi connectivity index (χ2n) is 6.33. The number of fused-ring (bicyclic) bond motifs is 1. The van der Waals surface area contributed by atoms with Gasteiger partial charge >= 0.3 is 6.09 Å². The minimum Gasteiger partial charge on any atom is -0.443 e. The molecule has 1 N–H and O–H groups in total. The van der Waals surface area contributed by atoms with Gasteiger partial charge in [-0.25, -0.2) is 9.36 Å². The third-order valence-electron chi connectivity index (χ3n) is 3.40. The van der Waals surface area contributed by atoms with Crippen LogP contribution in [0.4, 0.5) is 4.79 Å². The van der Waals surface area contributed by atoms with Gasteiger partial charge in [0.25, 0.3) is 0 Å². The molecule has 0 bridgehead atoms. The van der Waals surface area contributed by atoms with Gasteiger partial charge in [0.2, 0.25) is 0 Å². The van der Waals surface area contributed by atoms with Gasteiger partial charge in [0.15, 0.2) is 0 Å². The molecule has 0 aliphatic heterocycles. The van der Waals surface area contributed by atoms with Crippen molar-refractivity contribution in [2.75, 3.05) is 0 Å². The van der Waals surface area contributed by atoms with Crippen molar-refractivity contribution in [3.63, 3.8) is 0 Å². The molecule has 0 unspecified atom stereocenters. The van der Waals surface area contributed by atoms with Crippen LogP contribution in [0.5, 0.6) is 0 Å². The minimum atomic E-state index is -0.583. The number of aliphatic hydroxyl groups is 1. The van der Waals surface area contributed by atoms with Crippen molar-refractivity contribution < 1.29 is 14.6 Å². The van der Waals surface area contributed by atoms with Crippen LogP contribution in [0.15, 0.2) is 30.9 Å². The second-order valence-corrected chi connectivity index (χ2v) is 6.33. The summed E-state index contributed by atoms with van der Waals surface area (Å²) in [4.78, 5) is 12.7. The number of aliphatic hydroxyl groups excluding tert-OH is 1. The highest BCUT2D eigenvalue weighted by atomic mass is 16.6. The van der Waals surface area contributed by atoms with E-state index in [1.54, 1.807) is 16.7 Å². The first-order valence-electron chi connectivity index (χ1n) is 7.59. The molecule has 2 aromatic rings. The highest BCUT2D eigenvalue weighted by Crippen LogP contribution is 2.30. The molecule has 1 aromatic carbocycles. The van der Waals surface area contributed by atoms with Crippen molar-refractivity contribution in [2.24, 2.45) is 0 Å². The Balaban J connectivity index is 2.77. The van der Waals surface area contributed by atoms with Crippen molar-refractivity contribution >= 4 is 29.1 Å². The summed E-state index contributed by atoms with van der Waals surface area (Å²) in [6.45, 7) is 11.2. The standard InChI is InChI=1S/C19H23NO3/c1-6-8-16-14(7-2)15-11-13(12-21)9-10-17(15)20(16)18(22)23-19(3,4)5/h6-11,21H,2,12H2,1,3-5H3/b8-6-. The number of aromatic nitrogens is 1. The van der Waals surface area contributed by atoms with Gasteiger partial charge in [-0.05, 0) is 51.5 Å². The summed E-state index contributed by atoms with van der Waals surface area (Å²) in [6.07, 6.45) is 5.02. The quantitative estimate of drug-likeness (QED) is 0.901. The normalized spacial score (nSPS) is 12.0. The van der Waals surface area contributed by atoms with Crippen LogP contribution < -0.4 is 0 Å². The average molecular weight is 313 g/mol. The third-order valence-corrected chi connectivity index (χ3v) is 3.40. The molecule has 4 heteroatoms. The maximum Gasteiger partial charge on any atom is 0.419 e. The Morgan fingerprint density at radius 3 is 2.61 bits per heavy atom. The summed E-state index contributed by atoms with van der Waals surface area (Å²) in [5, 5.41) is 10.2. The molecule has 2 rings (SSSR count). The number of carbonyl (C=O) groups excluding carboxylic acids is 1. The maximum atomic E-state index is 12.7. The summed E-state index contributed by atoms with van der Waals surface area (Å²) in [5.74, 6) is 0. The lowest BCUT2D eigenvalue weighted by Gasteiger charge is -2.20. The molecular formula is C19H23NO3. The van der Waals surface area contributed by atoms with E-state index in [1.807, 2.05) is 52.0 Å². The van der Waals surface area contributed by atoms with Gasteiger partial charge < -0.3 is 9.84 Å². The molecule has 122 valence electrons. The Labute approximate surface area is 136 Å². The molecule has 0 saturated carbocycles. The molecule has 0 amide bonds. The third kappa shape index (κ3) is 3.37. The van der Waals surface area contributed by atoms with E-state index in [0.717, 1.165) is 27.7 Å². The van der Waals surface area contributed by atoms with Crippen LogP contribution in [-0.4, -0.2) is 21.4 Å². The monoisotopic (exact) mass is 313 g/mol. The zero-order chi connectivity index (χ0) is 17.2. The number of carbonyl (C=O) groups is 1. The van der Waals surface area contributed by atoms with E-state index in [4.69, 9.17) is 4.74 Å². The summed E-state index contributed by atoms with van der Waals surface area (Å²) in [5.41, 5.74) is 2.51. The molecule has 0 atom stereocenters. The lowest BCUT2D eigenvalue weighted by molar-refractivity contribution is 0.0543. The fraction of sp³-hybridized carbons (Fsp3) is 0.316. The van der Waals surface area contributed by atoms with E-state index >= 15 is 0 Å². The number of nitrogens with zero attached hydrogens (tertiary/aromatic N) is 1. The predicted molar refractivity (Wildman–Crippen MR) is 94.3 cm³/mol. The van der Waals surface area contributed by atoms with Crippen LogP contribution in [0.1, 0.15) is 44.5 Å². The number of hydrogen-bond acceptors (Lipinski definition) is 3. The topological polar surface area (TPSA) is 51.5 Å². The summed E-state index contributed by atoms with van der Waals surface area (Å²) in [7, 11) is 0. The van der Waals surface area contributed by atoms with Crippen molar-refractivity contribution in [3.05, 3.63) is 47.7 Å². The second kappa shape index (κ2) is 6.42. The van der Waals surface area contributed by atoms with E-state index < -0.39 is 11.7 Å². The molecule has 0 saturated heterocycles. The van der Waals surface area contributed by atoms with E-state index in [9.17, 15) is 9.90 Å². The van der Waals surface area contributed by atoms with Crippen LogP contribution >= 0.6 is 0 Å². The molecular weight excluding hydrogens is 290 g/mol. The summed E-state index contributed by atoms with van der Waals surface area (Å²) >= 11 is 0. The van der Waals surface area contributed by atoms with Gasteiger partial charge in [-0.1, -0.05) is 24.8 Å². The van der Waals surface area contributed by atoms with Crippen LogP contribution in [0.25, 0.3) is 23.1 Å². The lowest BCUT2D eigenvalue weighted by Crippen LogP contribution is -2.27. The zero-order valence-electron chi connectivity index (χ0n) is 14.1. The van der Waals surface area contributed by atoms with E-state index in [0.29, 0.717) is 0 Å². The largest absolute Gasteiger partial charge is 0.443 e. The minimum absolute atomic E-state index is 0.0525. The van der Waals surface area contributed by atoms with Gasteiger partial charge in [-0.15, -0.1) is 0 Å². The zero-order valence-corrected chi connectivity index (χ0v) is 14.1. The Kier molecular flexibility index (Phi) is 4.76. The number of allylic oxidation sites excluding steroid dienone is 1. The number of rotatable bonds is 3.